The molecule has 402 valence electrons. The van der Waals surface area contributed by atoms with E-state index in [1.165, 1.54) is 110 Å². The third-order valence-electron chi connectivity index (χ3n) is 18.0. The number of hydrogen-bond donors (Lipinski definition) is 0. The third-order valence-corrected chi connectivity index (χ3v) is 18.0. The zero-order chi connectivity index (χ0) is 57.2. The summed E-state index contributed by atoms with van der Waals surface area (Å²) in [5.41, 5.74) is 28.5. The Balaban J connectivity index is 1.07. The summed E-state index contributed by atoms with van der Waals surface area (Å²) in [5, 5.41) is 4.98. The predicted octanol–water partition coefficient (Wildman–Crippen LogP) is 19.5. The Labute approximate surface area is 493 Å². The molecule has 4 heterocycles. The van der Waals surface area contributed by atoms with Crippen molar-refractivity contribution in [3.05, 3.63) is 285 Å². The van der Waals surface area contributed by atoms with Crippen LogP contribution in [0.25, 0.3) is 105 Å². The van der Waals surface area contributed by atoms with E-state index in [9.17, 15) is 0 Å². The number of para-hydroxylation sites is 2. The van der Waals surface area contributed by atoms with Crippen LogP contribution in [0, 0.1) is 0 Å². The van der Waals surface area contributed by atoms with Gasteiger partial charge in [0.1, 0.15) is 0 Å². The van der Waals surface area contributed by atoms with E-state index in [0.29, 0.717) is 0 Å². The smallest absolute Gasteiger partial charge is 0.252 e. The van der Waals surface area contributed by atoms with Gasteiger partial charge in [0.05, 0.1) is 22.2 Å². The number of hydrogen-bond acceptors (Lipinski definition) is 1. The lowest BCUT2D eigenvalue weighted by atomic mass is 9.33. The topological polar surface area (TPSA) is 13.1 Å². The van der Waals surface area contributed by atoms with Crippen LogP contribution in [0.15, 0.2) is 268 Å². The highest BCUT2D eigenvalue weighted by Crippen LogP contribution is 2.47. The lowest BCUT2D eigenvalue weighted by Crippen LogP contribution is -2.60. The van der Waals surface area contributed by atoms with Crippen LogP contribution in [0.1, 0.15) is 58.2 Å². The summed E-state index contributed by atoms with van der Waals surface area (Å²) < 4.78 is 5.20. The van der Waals surface area contributed by atoms with Gasteiger partial charge in [0.2, 0.25) is 0 Å². The summed E-state index contributed by atoms with van der Waals surface area (Å²) in [7, 11) is 0. The molecule has 4 heteroatoms. The summed E-state index contributed by atoms with van der Waals surface area (Å²) in [4.78, 5) is 2.55. The minimum absolute atomic E-state index is 0.0603. The van der Waals surface area contributed by atoms with E-state index in [0.717, 1.165) is 45.0 Å². The van der Waals surface area contributed by atoms with Crippen LogP contribution >= 0.6 is 0 Å². The summed E-state index contributed by atoms with van der Waals surface area (Å²) in [6.07, 6.45) is 5.86. The van der Waals surface area contributed by atoms with E-state index < -0.39 is 0 Å². The first-order valence-corrected chi connectivity index (χ1v) is 29.5. The molecule has 0 unspecified atom stereocenters. The maximum Gasteiger partial charge on any atom is 0.252 e. The summed E-state index contributed by atoms with van der Waals surface area (Å²) in [6.45, 7) is 22.1. The van der Waals surface area contributed by atoms with Crippen LogP contribution in [-0.4, -0.2) is 15.8 Å². The standard InChI is InChI=1S/C80H64BN3/c1-9-23-51(10-2)61-28-17-19-30-63(61)55-38-43-72-69(45-55)81-70-46-56(64-31-20-18-29-62(64)54-36-34-53(35-37-54)52-24-13-11-14-25-52)44-68-65-32-21-22-33-71(65)84(78(68)70)76-50-60(49-75(77(76)81)82(72)59-26-15-12-16-27-59)83-73-47-57(79(3,4)5)39-41-66(73)67-42-40-58(48-74(67)83)80(6,7)8/h9-50H,1-2H2,3-8H3/b51-23+. The van der Waals surface area contributed by atoms with Gasteiger partial charge in [-0.3, -0.25) is 0 Å². The maximum absolute atomic E-state index is 4.27. The fourth-order valence-electron chi connectivity index (χ4n) is 13.8. The van der Waals surface area contributed by atoms with Crippen LogP contribution in [0.4, 0.5) is 17.1 Å². The number of rotatable bonds is 9. The zero-order valence-corrected chi connectivity index (χ0v) is 48.6. The normalized spacial score (nSPS) is 13.0. The van der Waals surface area contributed by atoms with E-state index in [-0.39, 0.29) is 17.5 Å². The van der Waals surface area contributed by atoms with Crippen molar-refractivity contribution in [2.24, 2.45) is 0 Å². The van der Waals surface area contributed by atoms with Crippen molar-refractivity contribution in [3.8, 4) is 55.9 Å². The fraction of sp³-hybridized carbons (Fsp3) is 0.100. The lowest BCUT2D eigenvalue weighted by molar-refractivity contribution is 0.591. The Kier molecular flexibility index (Phi) is 11.8. The largest absolute Gasteiger partial charge is 0.311 e. The molecule has 0 spiro atoms. The van der Waals surface area contributed by atoms with Crippen LogP contribution in [-0.2, 0) is 10.8 Å². The molecule has 11 aromatic carbocycles. The monoisotopic (exact) mass is 1080 g/mol. The van der Waals surface area contributed by atoms with E-state index in [1.54, 1.807) is 0 Å². The van der Waals surface area contributed by atoms with Crippen molar-refractivity contribution < 1.29 is 0 Å². The molecule has 13 aromatic rings. The highest BCUT2D eigenvalue weighted by atomic mass is 15.2. The molecule has 0 amide bonds. The summed E-state index contributed by atoms with van der Waals surface area (Å²) in [6, 6.07) is 89.2. The minimum Gasteiger partial charge on any atom is -0.311 e. The third kappa shape index (κ3) is 8.03. The second-order valence-corrected chi connectivity index (χ2v) is 25.0. The van der Waals surface area contributed by atoms with Crippen molar-refractivity contribution in [2.45, 2.75) is 52.4 Å². The van der Waals surface area contributed by atoms with Gasteiger partial charge in [-0.25, -0.2) is 0 Å². The highest BCUT2D eigenvalue weighted by molar-refractivity contribution is 7.00. The molecule has 0 N–H and O–H groups in total. The molecule has 0 saturated heterocycles. The molecule has 2 aromatic heterocycles. The molecular formula is C80H64BN3. The number of benzene rings is 11. The summed E-state index contributed by atoms with van der Waals surface area (Å²) in [5.74, 6) is 0. The molecule has 2 aliphatic heterocycles. The Hall–Kier alpha value is -9.90. The molecule has 0 aliphatic carbocycles. The van der Waals surface area contributed by atoms with Gasteiger partial charge >= 0.3 is 0 Å². The zero-order valence-electron chi connectivity index (χ0n) is 48.6. The predicted molar refractivity (Wildman–Crippen MR) is 362 cm³/mol. The molecule has 0 atom stereocenters. The van der Waals surface area contributed by atoms with Gasteiger partial charge in [0.25, 0.3) is 6.71 Å². The Morgan fingerprint density at radius 1 is 0.393 bits per heavy atom. The second kappa shape index (κ2) is 19.4. The van der Waals surface area contributed by atoms with Crippen LogP contribution in [0.3, 0.4) is 0 Å². The number of nitrogens with zero attached hydrogens (tertiary/aromatic N) is 3. The van der Waals surface area contributed by atoms with E-state index in [2.05, 4.69) is 311 Å². The second-order valence-electron chi connectivity index (χ2n) is 25.0. The molecule has 3 nitrogen and oxygen atoms in total. The average Bonchev–Trinajstić information content (AvgIpc) is 1.42. The van der Waals surface area contributed by atoms with Gasteiger partial charge in [-0.1, -0.05) is 255 Å². The quantitative estimate of drug-likeness (QED) is 0.104. The highest BCUT2D eigenvalue weighted by Gasteiger charge is 2.43. The van der Waals surface area contributed by atoms with Crippen molar-refractivity contribution in [1.29, 1.82) is 0 Å². The molecule has 15 rings (SSSR count). The van der Waals surface area contributed by atoms with Gasteiger partial charge in [0.15, 0.2) is 0 Å². The number of allylic oxidation sites excluding steroid dienone is 4. The Morgan fingerprint density at radius 3 is 1.61 bits per heavy atom. The first-order chi connectivity index (χ1) is 40.9. The lowest BCUT2D eigenvalue weighted by Gasteiger charge is -2.41. The van der Waals surface area contributed by atoms with Gasteiger partial charge in [-0.15, -0.1) is 0 Å². The number of anilines is 3. The molecule has 84 heavy (non-hydrogen) atoms. The molecule has 0 bridgehead atoms. The van der Waals surface area contributed by atoms with Gasteiger partial charge in [-0.05, 0) is 149 Å². The molecule has 2 aliphatic rings. The van der Waals surface area contributed by atoms with E-state index in [1.807, 2.05) is 12.2 Å². The molecule has 0 radical (unpaired) electrons. The molecule has 0 fully saturated rings. The maximum atomic E-state index is 4.27. The van der Waals surface area contributed by atoms with E-state index in [4.69, 9.17) is 0 Å². The van der Waals surface area contributed by atoms with Crippen LogP contribution in [0.5, 0.6) is 0 Å². The van der Waals surface area contributed by atoms with Crippen LogP contribution < -0.4 is 21.3 Å². The Bertz CT molecular complexity index is 4810. The summed E-state index contributed by atoms with van der Waals surface area (Å²) >= 11 is 0. The number of fused-ring (bicyclic) bond motifs is 10. The van der Waals surface area contributed by atoms with E-state index >= 15 is 0 Å². The van der Waals surface area contributed by atoms with Crippen molar-refractivity contribution >= 4 is 89.3 Å². The SMILES string of the molecule is C=C/C=C(\C=C)c1ccccc1-c1ccc2c(c1)B1c3c(cc(-n4c5cc(C(C)(C)C)ccc5c5ccc(C(C)(C)C)cc54)cc3-n3c4ccccc4c4cc(-c5ccccc5-c5ccc(-c6ccccc6)cc5)cc1c43)N2c1ccccc1. The first kappa shape index (κ1) is 51.0. The Morgan fingerprint density at radius 2 is 0.940 bits per heavy atom. The first-order valence-electron chi connectivity index (χ1n) is 29.5. The number of aromatic nitrogens is 2. The van der Waals surface area contributed by atoms with Crippen molar-refractivity contribution in [3.63, 3.8) is 0 Å². The average molecular weight is 1080 g/mol. The van der Waals surface area contributed by atoms with Gasteiger partial charge < -0.3 is 14.0 Å². The van der Waals surface area contributed by atoms with Gasteiger partial charge in [-0.2, -0.15) is 0 Å². The van der Waals surface area contributed by atoms with Gasteiger partial charge in [0, 0.05) is 49.8 Å². The molecular weight excluding hydrogens is 1010 g/mol. The minimum atomic E-state index is -0.163. The van der Waals surface area contributed by atoms with Crippen molar-refractivity contribution in [2.75, 3.05) is 4.90 Å². The molecule has 0 saturated carbocycles. The van der Waals surface area contributed by atoms with Crippen molar-refractivity contribution in [1.82, 2.24) is 9.13 Å². The fourth-order valence-corrected chi connectivity index (χ4v) is 13.8. The van der Waals surface area contributed by atoms with Crippen LogP contribution in [0.2, 0.25) is 0 Å².